The molecule has 178 valence electrons. The minimum absolute atomic E-state index is 0.0214. The van der Waals surface area contributed by atoms with E-state index in [1.165, 1.54) is 11.1 Å². The van der Waals surface area contributed by atoms with E-state index < -0.39 is 5.91 Å². The van der Waals surface area contributed by atoms with E-state index in [9.17, 15) is 9.90 Å². The molecule has 0 unspecified atom stereocenters. The number of hydrogen-bond acceptors (Lipinski definition) is 4. The van der Waals surface area contributed by atoms with Gasteiger partial charge in [-0.2, -0.15) is 0 Å². The summed E-state index contributed by atoms with van der Waals surface area (Å²) >= 11 is 0. The van der Waals surface area contributed by atoms with Crippen LogP contribution >= 0.6 is 0 Å². The number of amides is 1. The highest BCUT2D eigenvalue weighted by Crippen LogP contribution is 2.39. The molecule has 0 bridgehead atoms. The molecule has 4 aromatic carbocycles. The van der Waals surface area contributed by atoms with Crippen LogP contribution in [0.1, 0.15) is 21.5 Å². The van der Waals surface area contributed by atoms with Gasteiger partial charge in [-0.15, -0.1) is 10.2 Å². The Morgan fingerprint density at radius 2 is 1.25 bits per heavy atom. The van der Waals surface area contributed by atoms with Gasteiger partial charge in [-0.3, -0.25) is 14.3 Å². The lowest BCUT2D eigenvalue weighted by Gasteiger charge is -2.24. The van der Waals surface area contributed by atoms with Crippen LogP contribution in [0.25, 0.3) is 10.9 Å². The molecule has 0 spiro atoms. The highest BCUT2D eigenvalue weighted by Gasteiger charge is 2.19. The second-order valence-electron chi connectivity index (χ2n) is 8.59. The predicted molar refractivity (Wildman–Crippen MR) is 141 cm³/mol. The van der Waals surface area contributed by atoms with Crippen LogP contribution in [-0.2, 0) is 19.8 Å². The van der Waals surface area contributed by atoms with Crippen LogP contribution in [0.15, 0.2) is 125 Å². The largest absolute Gasteiger partial charge is 0.493 e. The maximum Gasteiger partial charge on any atom is 0.295 e. The predicted octanol–water partition coefficient (Wildman–Crippen LogP) is 6.93. The number of fused-ring (bicyclic) bond motifs is 1. The quantitative estimate of drug-likeness (QED) is 0.248. The molecular formula is C30H26N4O2. The highest BCUT2D eigenvalue weighted by molar-refractivity contribution is 5.97. The number of aromatic nitrogens is 1. The van der Waals surface area contributed by atoms with Crippen molar-refractivity contribution in [2.75, 3.05) is 0 Å². The molecule has 1 amide bonds. The first-order valence-electron chi connectivity index (χ1n) is 11.8. The molecule has 0 atom stereocenters. The first kappa shape index (κ1) is 23.2. The molecule has 6 heteroatoms. The fourth-order valence-corrected chi connectivity index (χ4v) is 4.29. The second kappa shape index (κ2) is 10.8. The maximum atomic E-state index is 12.5. The van der Waals surface area contributed by atoms with E-state index in [1.54, 1.807) is 24.3 Å². The van der Waals surface area contributed by atoms with Crippen LogP contribution in [0, 0.1) is 0 Å². The van der Waals surface area contributed by atoms with E-state index in [0.717, 1.165) is 10.9 Å². The lowest BCUT2D eigenvalue weighted by atomic mass is 10.2. The summed E-state index contributed by atoms with van der Waals surface area (Å²) in [7, 11) is 0. The highest BCUT2D eigenvalue weighted by atomic mass is 16.3. The van der Waals surface area contributed by atoms with E-state index in [1.807, 2.05) is 71.3 Å². The van der Waals surface area contributed by atoms with Gasteiger partial charge in [-0.25, -0.2) is 0 Å². The molecule has 1 N–H and O–H groups in total. The Hall–Kier alpha value is -4.55. The Kier molecular flexibility index (Phi) is 6.96. The van der Waals surface area contributed by atoms with Gasteiger partial charge in [0.05, 0.1) is 12.2 Å². The van der Waals surface area contributed by atoms with Crippen LogP contribution < -0.4 is 0 Å². The number of nitrogens with zero attached hydrogens (tertiary/aromatic N) is 4. The maximum absolute atomic E-state index is 12.5. The Bertz CT molecular complexity index is 1440. The molecule has 5 aromatic rings. The molecule has 0 saturated heterocycles. The van der Waals surface area contributed by atoms with Crippen molar-refractivity contribution in [2.45, 2.75) is 19.8 Å². The van der Waals surface area contributed by atoms with Gasteiger partial charge in [0, 0.05) is 24.0 Å². The smallest absolute Gasteiger partial charge is 0.295 e. The van der Waals surface area contributed by atoms with Crippen molar-refractivity contribution in [3.8, 4) is 5.88 Å². The van der Waals surface area contributed by atoms with Crippen molar-refractivity contribution < 1.29 is 9.90 Å². The Balaban J connectivity index is 1.49. The Labute approximate surface area is 209 Å². The Morgan fingerprint density at radius 1 is 0.722 bits per heavy atom. The molecule has 0 aliphatic heterocycles. The fourth-order valence-electron chi connectivity index (χ4n) is 4.29. The monoisotopic (exact) mass is 474 g/mol. The van der Waals surface area contributed by atoms with Crippen molar-refractivity contribution in [2.24, 2.45) is 10.2 Å². The minimum Gasteiger partial charge on any atom is -0.493 e. The molecule has 6 nitrogen and oxygen atoms in total. The van der Waals surface area contributed by atoms with Gasteiger partial charge >= 0.3 is 0 Å². The van der Waals surface area contributed by atoms with Gasteiger partial charge < -0.3 is 5.11 Å². The number of carbonyl (C=O) groups excluding carboxylic acids is 1. The van der Waals surface area contributed by atoms with Crippen LogP contribution in [0.3, 0.4) is 0 Å². The zero-order chi connectivity index (χ0) is 24.7. The SMILES string of the molecule is O=C(N=Nc1c(O)n(CN(Cc2ccccc2)Cc2ccccc2)c2ccccc12)c1ccccc1. The third-order valence-electron chi connectivity index (χ3n) is 6.02. The number of hydrogen-bond donors (Lipinski definition) is 1. The molecular weight excluding hydrogens is 448 g/mol. The number of para-hydroxylation sites is 1. The van der Waals surface area contributed by atoms with Gasteiger partial charge in [-0.1, -0.05) is 97.1 Å². The van der Waals surface area contributed by atoms with E-state index in [2.05, 4.69) is 39.4 Å². The van der Waals surface area contributed by atoms with Crippen molar-refractivity contribution in [3.63, 3.8) is 0 Å². The summed E-state index contributed by atoms with van der Waals surface area (Å²) in [4.78, 5) is 14.8. The molecule has 0 aliphatic carbocycles. The van der Waals surface area contributed by atoms with Crippen LogP contribution in [0.2, 0.25) is 0 Å². The minimum atomic E-state index is -0.457. The zero-order valence-corrected chi connectivity index (χ0v) is 19.7. The fraction of sp³-hybridized carbons (Fsp3) is 0.100. The molecule has 36 heavy (non-hydrogen) atoms. The Morgan fingerprint density at radius 3 is 1.86 bits per heavy atom. The molecule has 1 heterocycles. The van der Waals surface area contributed by atoms with E-state index in [-0.39, 0.29) is 11.6 Å². The first-order valence-corrected chi connectivity index (χ1v) is 11.8. The molecule has 5 rings (SSSR count). The standard InChI is InChI=1S/C30H26N4O2/c35-29(25-16-8-3-9-17-25)32-31-28-26-18-10-11-19-27(26)34(30(28)36)22-33(20-23-12-4-1-5-13-23)21-24-14-6-2-7-15-24/h1-19,36H,20-22H2. The van der Waals surface area contributed by atoms with Crippen molar-refractivity contribution in [1.82, 2.24) is 9.47 Å². The lowest BCUT2D eigenvalue weighted by molar-refractivity contribution is 0.0995. The third kappa shape index (κ3) is 5.24. The number of azo groups is 1. The molecule has 0 radical (unpaired) electrons. The number of aromatic hydroxyl groups is 1. The summed E-state index contributed by atoms with van der Waals surface area (Å²) in [5, 5.41) is 20.1. The second-order valence-corrected chi connectivity index (χ2v) is 8.59. The summed E-state index contributed by atoms with van der Waals surface area (Å²) in [6.45, 7) is 1.83. The average Bonchev–Trinajstić information content (AvgIpc) is 3.19. The van der Waals surface area contributed by atoms with Gasteiger partial charge in [0.15, 0.2) is 5.69 Å². The van der Waals surface area contributed by atoms with Crippen LogP contribution in [0.4, 0.5) is 5.69 Å². The van der Waals surface area contributed by atoms with E-state index in [4.69, 9.17) is 0 Å². The summed E-state index contributed by atoms with van der Waals surface area (Å²) in [5.74, 6) is -0.478. The molecule has 0 saturated carbocycles. The average molecular weight is 475 g/mol. The number of rotatable bonds is 8. The van der Waals surface area contributed by atoms with Gasteiger partial charge in [-0.05, 0) is 29.3 Å². The van der Waals surface area contributed by atoms with Crippen molar-refractivity contribution in [1.29, 1.82) is 0 Å². The summed E-state index contributed by atoms with van der Waals surface area (Å²) in [6.07, 6.45) is 0. The molecule has 0 fully saturated rings. The molecule has 1 aromatic heterocycles. The van der Waals surface area contributed by atoms with Gasteiger partial charge in [0.2, 0.25) is 5.88 Å². The van der Waals surface area contributed by atoms with E-state index >= 15 is 0 Å². The number of benzene rings is 4. The summed E-state index contributed by atoms with van der Waals surface area (Å²) in [5.41, 5.74) is 3.91. The van der Waals surface area contributed by atoms with Crippen molar-refractivity contribution in [3.05, 3.63) is 132 Å². The normalized spacial score (nSPS) is 11.5. The summed E-state index contributed by atoms with van der Waals surface area (Å²) in [6, 6.07) is 36.9. The van der Waals surface area contributed by atoms with Gasteiger partial charge in [0.25, 0.3) is 5.91 Å². The zero-order valence-electron chi connectivity index (χ0n) is 19.7. The number of carbonyl (C=O) groups is 1. The van der Waals surface area contributed by atoms with Crippen molar-refractivity contribution >= 4 is 22.5 Å². The van der Waals surface area contributed by atoms with E-state index in [0.29, 0.717) is 25.3 Å². The van der Waals surface area contributed by atoms with Gasteiger partial charge in [0.1, 0.15) is 0 Å². The molecule has 0 aliphatic rings. The third-order valence-corrected chi connectivity index (χ3v) is 6.02. The topological polar surface area (TPSA) is 70.2 Å². The first-order chi connectivity index (χ1) is 17.7. The van der Waals surface area contributed by atoms with Crippen LogP contribution in [0.5, 0.6) is 5.88 Å². The lowest BCUT2D eigenvalue weighted by Crippen LogP contribution is -2.25. The summed E-state index contributed by atoms with van der Waals surface area (Å²) < 4.78 is 1.82. The van der Waals surface area contributed by atoms with Crippen LogP contribution in [-0.4, -0.2) is 20.5 Å².